The molecule has 0 aromatic carbocycles. The van der Waals surface area contributed by atoms with Gasteiger partial charge in [0.05, 0.1) is 24.2 Å². The van der Waals surface area contributed by atoms with Crippen molar-refractivity contribution in [2.24, 2.45) is 5.41 Å². The highest BCUT2D eigenvalue weighted by Gasteiger charge is 2.30. The van der Waals surface area contributed by atoms with E-state index in [1.54, 1.807) is 13.8 Å². The van der Waals surface area contributed by atoms with Crippen molar-refractivity contribution in [3.05, 3.63) is 0 Å². The molecule has 0 aromatic rings. The average molecular weight is 265 g/mol. The number of hydrogen-bond donors (Lipinski definition) is 0. The largest absolute Gasteiger partial charge is 0.316 e. The summed E-state index contributed by atoms with van der Waals surface area (Å²) in [5.41, 5.74) is -0.178. The summed E-state index contributed by atoms with van der Waals surface area (Å²) < 4.78 is 39.0. The number of nitriles is 1. The van der Waals surface area contributed by atoms with Crippen LogP contribution in [0.3, 0.4) is 0 Å². The van der Waals surface area contributed by atoms with Crippen molar-refractivity contribution < 1.29 is 8.37 Å². The predicted octanol–water partition coefficient (Wildman–Crippen LogP) is 0.806. The van der Waals surface area contributed by atoms with E-state index in [-0.39, 0.29) is 17.4 Å². The summed E-state index contributed by atoms with van der Waals surface area (Å²) in [4.78, 5) is 0. The van der Waals surface area contributed by atoms with Crippen LogP contribution in [-0.4, -0.2) is 44.9 Å². The Morgan fingerprint density at radius 3 is 2.88 bits per heavy atom. The second-order valence-corrected chi connectivity index (χ2v) is 5.16. The van der Waals surface area contributed by atoms with Gasteiger partial charge in [-0.15, -0.1) is 0 Å². The van der Waals surface area contributed by atoms with Gasteiger partial charge in [-0.2, -0.15) is 5.26 Å². The second-order valence-electron chi connectivity index (χ2n) is 3.60. The summed E-state index contributed by atoms with van der Waals surface area (Å²) in [6, 6.07) is 2.18. The molecule has 1 atom stereocenters. The first-order chi connectivity index (χ1) is 9.29. The molecule has 0 aromatic heterocycles. The first-order valence-electron chi connectivity index (χ1n) is 7.23. The fourth-order valence-corrected chi connectivity index (χ4v) is 1.87. The molecular formula is C9H19B2NO2S2. The molecule has 0 rings (SSSR count). The maximum absolute atomic E-state index is 9.14. The first-order valence-corrected chi connectivity index (χ1v) is 6.74. The molecule has 0 heterocycles. The smallest absolute Gasteiger partial charge is 0.117 e. The maximum atomic E-state index is 9.14. The van der Waals surface area contributed by atoms with E-state index in [1.807, 2.05) is 0 Å². The zero-order chi connectivity index (χ0) is 15.6. The fraction of sp³-hybridized carbons (Fsp3) is 0.889. The van der Waals surface area contributed by atoms with Crippen LogP contribution in [0.15, 0.2) is 0 Å². The molecule has 0 bridgehead atoms. The molecule has 7 heteroatoms. The standard InChI is InChI=1S/C9H19B2NO2S2/c1-9(2,5-12)8(14-16-7-11)3-4-13-15-6-10/h8H,3-4,6-7,10-11H2,1-2H3/t8-/m0/s1/i10TD,11TD. The minimum atomic E-state index is -0.955. The Kier molecular flexibility index (Phi) is 5.92. The van der Waals surface area contributed by atoms with Gasteiger partial charge in [0.2, 0.25) is 0 Å². The molecule has 0 spiro atoms. The summed E-state index contributed by atoms with van der Waals surface area (Å²) in [6.07, 6.45) is 0.140. The van der Waals surface area contributed by atoms with E-state index in [4.69, 9.17) is 19.0 Å². The molecule has 0 radical (unpaired) electrons. The van der Waals surface area contributed by atoms with Crippen LogP contribution in [0.5, 0.6) is 0 Å². The van der Waals surface area contributed by atoms with E-state index in [0.29, 0.717) is 13.0 Å². The molecule has 0 aliphatic carbocycles. The molecule has 0 fully saturated rings. The lowest BCUT2D eigenvalue weighted by Crippen LogP contribution is -2.30. The van der Waals surface area contributed by atoms with Gasteiger partial charge < -0.3 is 8.37 Å². The van der Waals surface area contributed by atoms with Crippen molar-refractivity contribution >= 4 is 39.6 Å². The molecule has 0 aliphatic rings. The van der Waals surface area contributed by atoms with Crippen LogP contribution in [0, 0.1) is 16.7 Å². The fourth-order valence-electron chi connectivity index (χ4n) is 0.985. The molecule has 0 saturated heterocycles. The number of rotatable bonds is 11. The van der Waals surface area contributed by atoms with E-state index in [9.17, 15) is 0 Å². The molecule has 3 nitrogen and oxygen atoms in total. The van der Waals surface area contributed by atoms with Gasteiger partial charge in [0.25, 0.3) is 0 Å². The third-order valence-corrected chi connectivity index (χ3v) is 2.93. The van der Waals surface area contributed by atoms with Crippen molar-refractivity contribution in [3.63, 3.8) is 0 Å². The maximum Gasteiger partial charge on any atom is 0.117 e. The van der Waals surface area contributed by atoms with E-state index in [1.165, 1.54) is 0 Å². The summed E-state index contributed by atoms with van der Waals surface area (Å²) >= 11 is 2.10. The Hall–Kier alpha value is 0.240. The van der Waals surface area contributed by atoms with E-state index in [2.05, 4.69) is 6.07 Å². The molecule has 0 aliphatic heterocycles. The Morgan fingerprint density at radius 2 is 2.25 bits per heavy atom. The average Bonchev–Trinajstić information content (AvgIpc) is 2.35. The summed E-state index contributed by atoms with van der Waals surface area (Å²) in [5, 5.41) is 9.14. The third-order valence-electron chi connectivity index (χ3n) is 1.96. The van der Waals surface area contributed by atoms with Crippen LogP contribution in [-0.2, 0) is 8.37 Å². The van der Waals surface area contributed by atoms with E-state index in [0.717, 1.165) is 24.1 Å². The van der Waals surface area contributed by atoms with Crippen molar-refractivity contribution in [2.45, 2.75) is 26.4 Å². The van der Waals surface area contributed by atoms with Gasteiger partial charge in [0.15, 0.2) is 0 Å². The predicted molar refractivity (Wildman–Crippen MR) is 76.8 cm³/mol. The molecule has 0 N–H and O–H groups in total. The van der Waals surface area contributed by atoms with Crippen LogP contribution in [0.2, 0.25) is 0 Å². The van der Waals surface area contributed by atoms with Gasteiger partial charge in [-0.1, -0.05) is 0 Å². The minimum absolute atomic E-state index is 0.229. The summed E-state index contributed by atoms with van der Waals surface area (Å²) in [6.45, 7) is 3.90. The van der Waals surface area contributed by atoms with E-state index >= 15 is 0 Å². The monoisotopic (exact) mass is 265 g/mol. The van der Waals surface area contributed by atoms with Gasteiger partial charge in [0.1, 0.15) is 15.5 Å². The van der Waals surface area contributed by atoms with Gasteiger partial charge in [-0.25, -0.2) is 0 Å². The summed E-state index contributed by atoms with van der Waals surface area (Å²) in [5.74, 6) is 0. The first kappa shape index (κ1) is 10.2. The van der Waals surface area contributed by atoms with Crippen LogP contribution in [0.1, 0.15) is 20.3 Å². The lowest BCUT2D eigenvalue weighted by atomic mass is 9.87. The topological polar surface area (TPSA) is 42.2 Å². The van der Waals surface area contributed by atoms with Crippen molar-refractivity contribution in [1.82, 2.24) is 0 Å². The minimum Gasteiger partial charge on any atom is -0.316 e. The Morgan fingerprint density at radius 1 is 1.56 bits per heavy atom. The molecule has 16 heavy (non-hydrogen) atoms. The Bertz CT molecular complexity index is 308. The number of hydrogen-bond acceptors (Lipinski definition) is 5. The molecular weight excluding hydrogens is 240 g/mol. The van der Waals surface area contributed by atoms with Crippen LogP contribution in [0.4, 0.5) is 0 Å². The van der Waals surface area contributed by atoms with Gasteiger partial charge in [-0.05, 0) is 54.6 Å². The lowest BCUT2D eigenvalue weighted by Gasteiger charge is -2.26. The van der Waals surface area contributed by atoms with Crippen molar-refractivity contribution in [1.29, 1.82) is 10.6 Å². The third kappa shape index (κ3) is 6.74. The Balaban J connectivity index is 4.10. The lowest BCUT2D eigenvalue weighted by molar-refractivity contribution is 0.112. The van der Waals surface area contributed by atoms with Crippen molar-refractivity contribution in [2.75, 3.05) is 17.9 Å². The van der Waals surface area contributed by atoms with Crippen LogP contribution in [0.25, 0.3) is 0 Å². The zero-order valence-electron chi connectivity index (χ0n) is 13.6. The van der Waals surface area contributed by atoms with E-state index < -0.39 is 21.0 Å². The molecule has 0 amide bonds. The SMILES string of the molecule is [2H]B([3H])CSOCC[C@H](OSCB([2H])[3H])C(C)(C)C#N. The highest BCUT2D eigenvalue weighted by atomic mass is 32.2. The molecule has 90 valence electrons. The van der Waals surface area contributed by atoms with Gasteiger partial charge >= 0.3 is 0 Å². The van der Waals surface area contributed by atoms with Gasteiger partial charge in [-0.3, -0.25) is 0 Å². The highest BCUT2D eigenvalue weighted by Crippen LogP contribution is 2.28. The van der Waals surface area contributed by atoms with Crippen LogP contribution < -0.4 is 0 Å². The Labute approximate surface area is 115 Å². The number of nitrogens with zero attached hydrogens (tertiary/aromatic N) is 1. The molecule has 0 unspecified atom stereocenters. The van der Waals surface area contributed by atoms with Gasteiger partial charge in [0, 0.05) is 6.42 Å². The second kappa shape index (κ2) is 9.29. The van der Waals surface area contributed by atoms with Crippen molar-refractivity contribution in [3.8, 4) is 6.07 Å². The summed E-state index contributed by atoms with van der Waals surface area (Å²) in [7, 11) is -1.87. The van der Waals surface area contributed by atoms with Crippen LogP contribution >= 0.6 is 24.1 Å². The normalized spacial score (nSPS) is 16.3. The zero-order valence-corrected chi connectivity index (χ0v) is 11.3. The highest BCUT2D eigenvalue weighted by molar-refractivity contribution is 7.95. The quantitative estimate of drug-likeness (QED) is 0.314. The molecule has 0 saturated carbocycles.